The summed E-state index contributed by atoms with van der Waals surface area (Å²) in [5, 5.41) is 10.2. The van der Waals surface area contributed by atoms with Crippen LogP contribution in [0.4, 0.5) is 8.78 Å². The van der Waals surface area contributed by atoms with E-state index in [1.807, 2.05) is 6.92 Å². The van der Waals surface area contributed by atoms with E-state index in [0.717, 1.165) is 12.0 Å². The molecule has 0 saturated carbocycles. The van der Waals surface area contributed by atoms with Gasteiger partial charge in [-0.05, 0) is 36.5 Å². The van der Waals surface area contributed by atoms with E-state index in [1.54, 1.807) is 6.07 Å². The zero-order valence-electron chi connectivity index (χ0n) is 9.39. The third-order valence-corrected chi connectivity index (χ3v) is 3.37. The Morgan fingerprint density at radius 2 is 2.12 bits per heavy atom. The van der Waals surface area contributed by atoms with Crippen LogP contribution in [-0.4, -0.2) is 10.7 Å². The maximum atomic E-state index is 13.6. The van der Waals surface area contributed by atoms with E-state index in [9.17, 15) is 13.9 Å². The van der Waals surface area contributed by atoms with Gasteiger partial charge in [0.15, 0.2) is 11.6 Å². The fourth-order valence-corrected chi connectivity index (χ4v) is 2.52. The molecule has 16 heavy (non-hydrogen) atoms. The SMILES string of the molecule is CCC[C@@]1(O)CCc2ccc(F)c(F)c2C1. The lowest BCUT2D eigenvalue weighted by Gasteiger charge is -2.33. The number of benzene rings is 1. The molecule has 0 saturated heterocycles. The molecule has 0 amide bonds. The summed E-state index contributed by atoms with van der Waals surface area (Å²) in [6.07, 6.45) is 2.99. The summed E-state index contributed by atoms with van der Waals surface area (Å²) in [5.41, 5.74) is 0.345. The third kappa shape index (κ3) is 1.96. The van der Waals surface area contributed by atoms with Crippen molar-refractivity contribution in [3.8, 4) is 0 Å². The lowest BCUT2D eigenvalue weighted by Crippen LogP contribution is -2.36. The number of halogens is 2. The van der Waals surface area contributed by atoms with Gasteiger partial charge in [0, 0.05) is 6.42 Å². The molecule has 1 aromatic carbocycles. The fourth-order valence-electron chi connectivity index (χ4n) is 2.52. The predicted molar refractivity (Wildman–Crippen MR) is 58.2 cm³/mol. The minimum Gasteiger partial charge on any atom is -0.390 e. The molecule has 1 atom stereocenters. The molecule has 1 N–H and O–H groups in total. The molecule has 0 fully saturated rings. The fraction of sp³-hybridized carbons (Fsp3) is 0.538. The molecular weight excluding hydrogens is 210 g/mol. The first-order valence-corrected chi connectivity index (χ1v) is 5.74. The van der Waals surface area contributed by atoms with Crippen molar-refractivity contribution < 1.29 is 13.9 Å². The quantitative estimate of drug-likeness (QED) is 0.822. The van der Waals surface area contributed by atoms with Crippen molar-refractivity contribution in [2.45, 2.75) is 44.6 Å². The van der Waals surface area contributed by atoms with Crippen LogP contribution in [0.15, 0.2) is 12.1 Å². The highest BCUT2D eigenvalue weighted by molar-refractivity contribution is 5.33. The average molecular weight is 226 g/mol. The molecule has 0 heterocycles. The van der Waals surface area contributed by atoms with Gasteiger partial charge in [-0.1, -0.05) is 19.4 Å². The Labute approximate surface area is 94.1 Å². The number of fused-ring (bicyclic) bond motifs is 1. The van der Waals surface area contributed by atoms with E-state index in [4.69, 9.17) is 0 Å². The molecule has 1 aliphatic rings. The maximum Gasteiger partial charge on any atom is 0.162 e. The van der Waals surface area contributed by atoms with Gasteiger partial charge in [0.1, 0.15) is 0 Å². The Kier molecular flexibility index (Phi) is 2.98. The highest BCUT2D eigenvalue weighted by Gasteiger charge is 2.33. The van der Waals surface area contributed by atoms with Gasteiger partial charge in [-0.25, -0.2) is 8.78 Å². The van der Waals surface area contributed by atoms with Crippen LogP contribution in [0, 0.1) is 11.6 Å². The van der Waals surface area contributed by atoms with Crippen LogP contribution >= 0.6 is 0 Å². The monoisotopic (exact) mass is 226 g/mol. The molecule has 0 radical (unpaired) electrons. The van der Waals surface area contributed by atoms with Crippen molar-refractivity contribution in [3.05, 3.63) is 34.9 Å². The molecule has 0 spiro atoms. The molecule has 0 unspecified atom stereocenters. The summed E-state index contributed by atoms with van der Waals surface area (Å²) in [6, 6.07) is 2.79. The van der Waals surface area contributed by atoms with Crippen LogP contribution in [0.3, 0.4) is 0 Å². The molecule has 0 bridgehead atoms. The van der Waals surface area contributed by atoms with Gasteiger partial charge >= 0.3 is 0 Å². The second-order valence-electron chi connectivity index (χ2n) is 4.65. The van der Waals surface area contributed by atoms with Gasteiger partial charge in [0.05, 0.1) is 5.60 Å². The maximum absolute atomic E-state index is 13.6. The van der Waals surface area contributed by atoms with Crippen LogP contribution in [0.5, 0.6) is 0 Å². The highest BCUT2D eigenvalue weighted by atomic mass is 19.2. The normalized spacial score (nSPS) is 24.2. The van der Waals surface area contributed by atoms with E-state index in [0.29, 0.717) is 24.8 Å². The minimum absolute atomic E-state index is 0.236. The van der Waals surface area contributed by atoms with Crippen LogP contribution in [0.1, 0.15) is 37.3 Å². The highest BCUT2D eigenvalue weighted by Crippen LogP contribution is 2.33. The third-order valence-electron chi connectivity index (χ3n) is 3.37. The van der Waals surface area contributed by atoms with Gasteiger partial charge in [-0.15, -0.1) is 0 Å². The molecule has 88 valence electrons. The summed E-state index contributed by atoms with van der Waals surface area (Å²) in [4.78, 5) is 0. The smallest absolute Gasteiger partial charge is 0.162 e. The molecule has 1 aromatic rings. The van der Waals surface area contributed by atoms with Crippen molar-refractivity contribution in [3.63, 3.8) is 0 Å². The Hall–Kier alpha value is -0.960. The van der Waals surface area contributed by atoms with Crippen LogP contribution in [0.2, 0.25) is 0 Å². The van der Waals surface area contributed by atoms with E-state index >= 15 is 0 Å². The van der Waals surface area contributed by atoms with Gasteiger partial charge < -0.3 is 5.11 Å². The predicted octanol–water partition coefficient (Wildman–Crippen LogP) is 2.98. The second-order valence-corrected chi connectivity index (χ2v) is 4.65. The molecule has 1 aliphatic carbocycles. The summed E-state index contributed by atoms with van der Waals surface area (Å²) in [5.74, 6) is -1.61. The largest absolute Gasteiger partial charge is 0.390 e. The first-order chi connectivity index (χ1) is 7.56. The standard InChI is InChI=1S/C13H16F2O/c1-2-6-13(16)7-5-9-3-4-11(14)12(15)10(9)8-13/h3-4,16H,2,5-8H2,1H3/t13-/m1/s1. The summed E-state index contributed by atoms with van der Waals surface area (Å²) in [7, 11) is 0. The van der Waals surface area contributed by atoms with Crippen molar-refractivity contribution in [1.82, 2.24) is 0 Å². The van der Waals surface area contributed by atoms with Gasteiger partial charge in [0.2, 0.25) is 0 Å². The zero-order valence-corrected chi connectivity index (χ0v) is 9.39. The minimum atomic E-state index is -0.851. The Morgan fingerprint density at radius 3 is 2.81 bits per heavy atom. The van der Waals surface area contributed by atoms with Crippen molar-refractivity contribution in [2.24, 2.45) is 0 Å². The van der Waals surface area contributed by atoms with Crippen LogP contribution < -0.4 is 0 Å². The first kappa shape index (κ1) is 11.5. The van der Waals surface area contributed by atoms with Crippen LogP contribution in [-0.2, 0) is 12.8 Å². The molecule has 0 aliphatic heterocycles. The molecule has 3 heteroatoms. The summed E-state index contributed by atoms with van der Waals surface area (Å²) in [6.45, 7) is 1.98. The Bertz CT molecular complexity index is 403. The van der Waals surface area contributed by atoms with Crippen molar-refractivity contribution in [2.75, 3.05) is 0 Å². The Morgan fingerprint density at radius 1 is 1.38 bits per heavy atom. The van der Waals surface area contributed by atoms with E-state index < -0.39 is 17.2 Å². The number of rotatable bonds is 2. The zero-order chi connectivity index (χ0) is 11.8. The summed E-state index contributed by atoms with van der Waals surface area (Å²) >= 11 is 0. The van der Waals surface area contributed by atoms with Crippen molar-refractivity contribution in [1.29, 1.82) is 0 Å². The van der Waals surface area contributed by atoms with E-state index in [2.05, 4.69) is 0 Å². The number of aryl methyl sites for hydroxylation is 1. The second kappa shape index (κ2) is 4.13. The number of hydrogen-bond acceptors (Lipinski definition) is 1. The summed E-state index contributed by atoms with van der Waals surface area (Å²) < 4.78 is 26.7. The molecule has 2 rings (SSSR count). The number of hydrogen-bond donors (Lipinski definition) is 1. The molecular formula is C13H16F2O. The van der Waals surface area contributed by atoms with Gasteiger partial charge in [-0.2, -0.15) is 0 Å². The van der Waals surface area contributed by atoms with Crippen molar-refractivity contribution >= 4 is 0 Å². The van der Waals surface area contributed by atoms with E-state index in [-0.39, 0.29) is 6.42 Å². The lowest BCUT2D eigenvalue weighted by atomic mass is 9.78. The molecule has 0 aromatic heterocycles. The van der Waals surface area contributed by atoms with Gasteiger partial charge in [0.25, 0.3) is 0 Å². The lowest BCUT2D eigenvalue weighted by molar-refractivity contribution is 0.0161. The van der Waals surface area contributed by atoms with Crippen LogP contribution in [0.25, 0.3) is 0 Å². The van der Waals surface area contributed by atoms with Gasteiger partial charge in [-0.3, -0.25) is 0 Å². The van der Waals surface area contributed by atoms with E-state index in [1.165, 1.54) is 6.07 Å². The Balaban J connectivity index is 2.35. The molecule has 1 nitrogen and oxygen atoms in total. The average Bonchev–Trinajstić information content (AvgIpc) is 2.25. The topological polar surface area (TPSA) is 20.2 Å². The first-order valence-electron chi connectivity index (χ1n) is 5.74. The number of aliphatic hydroxyl groups is 1.